The summed E-state index contributed by atoms with van der Waals surface area (Å²) in [6.07, 6.45) is 1.89. The molecule has 2 aliphatic rings. The van der Waals surface area contributed by atoms with Gasteiger partial charge < -0.3 is 24.4 Å². The summed E-state index contributed by atoms with van der Waals surface area (Å²) in [5.41, 5.74) is 4.36. The van der Waals surface area contributed by atoms with Gasteiger partial charge in [-0.2, -0.15) is 0 Å². The van der Waals surface area contributed by atoms with Crippen LogP contribution in [0.1, 0.15) is 30.7 Å². The van der Waals surface area contributed by atoms with Crippen LogP contribution in [0.3, 0.4) is 0 Å². The molecule has 2 atom stereocenters. The quantitative estimate of drug-likeness (QED) is 0.569. The number of thiazole rings is 1. The summed E-state index contributed by atoms with van der Waals surface area (Å²) < 4.78 is 18.0. The summed E-state index contributed by atoms with van der Waals surface area (Å²) in [5.74, 6) is 0.976. The van der Waals surface area contributed by atoms with E-state index in [1.54, 1.807) is 17.5 Å². The van der Waals surface area contributed by atoms with Crippen LogP contribution in [0.15, 0.2) is 41.9 Å². The Labute approximate surface area is 195 Å². The van der Waals surface area contributed by atoms with Gasteiger partial charge in [0, 0.05) is 31.0 Å². The lowest BCUT2D eigenvalue weighted by molar-refractivity contribution is -0.131. The molecule has 0 aliphatic carbocycles. The molecular weight excluding hydrogens is 442 g/mol. The smallest absolute Gasteiger partial charge is 0.243 e. The number of ether oxygens (including phenoxy) is 3. The number of carbonyl (C=O) groups is 2. The summed E-state index contributed by atoms with van der Waals surface area (Å²) in [6, 6.07) is 11.3. The number of rotatable bonds is 7. The largest absolute Gasteiger partial charge is 0.493 e. The van der Waals surface area contributed by atoms with Crippen LogP contribution in [0.25, 0.3) is 10.2 Å². The average molecular weight is 468 g/mol. The van der Waals surface area contributed by atoms with Gasteiger partial charge in [0.05, 0.1) is 36.0 Å². The number of nitrogens with one attached hydrogen (secondary N) is 1. The number of hydrogen-bond donors (Lipinski definition) is 1. The summed E-state index contributed by atoms with van der Waals surface area (Å²) in [4.78, 5) is 31.1. The van der Waals surface area contributed by atoms with Crippen LogP contribution >= 0.6 is 11.3 Å². The van der Waals surface area contributed by atoms with Crippen LogP contribution in [0.4, 0.5) is 5.69 Å². The van der Waals surface area contributed by atoms with Crippen molar-refractivity contribution in [2.24, 2.45) is 0 Å². The van der Waals surface area contributed by atoms with Crippen molar-refractivity contribution in [1.29, 1.82) is 0 Å². The Morgan fingerprint density at radius 1 is 1.27 bits per heavy atom. The molecule has 2 aromatic carbocycles. The Kier molecular flexibility index (Phi) is 6.15. The second-order valence-corrected chi connectivity index (χ2v) is 9.12. The van der Waals surface area contributed by atoms with Gasteiger partial charge in [-0.15, -0.1) is 11.3 Å². The molecule has 0 saturated carbocycles. The van der Waals surface area contributed by atoms with E-state index in [-0.39, 0.29) is 30.6 Å². The van der Waals surface area contributed by atoms with E-state index in [9.17, 15) is 9.59 Å². The first-order chi connectivity index (χ1) is 16.1. The lowest BCUT2D eigenvalue weighted by Gasteiger charge is -2.19. The van der Waals surface area contributed by atoms with Crippen LogP contribution in [0.2, 0.25) is 0 Å². The van der Waals surface area contributed by atoms with Crippen molar-refractivity contribution in [3.05, 3.63) is 47.5 Å². The van der Waals surface area contributed by atoms with Crippen molar-refractivity contribution in [3.8, 4) is 11.5 Å². The standard InChI is InChI=1S/C24H25N3O5S/c1-30-19-7-4-15(9-20(19)32-24-3-2-8-31-24)16-10-23(29)27(12-16)13-22(28)26-17-5-6-18-21(11-17)33-14-25-18/h4-7,9,11,14,16,24H,2-3,8,10,12-13H2,1H3,(H,26,28)/t16-,24?/m1/s1. The Hall–Kier alpha value is -3.17. The maximum atomic E-state index is 12.6. The fraction of sp³-hybridized carbons (Fsp3) is 0.375. The third-order valence-corrected chi connectivity index (χ3v) is 6.76. The molecule has 0 radical (unpaired) electrons. The van der Waals surface area contributed by atoms with Crippen LogP contribution in [-0.2, 0) is 14.3 Å². The molecule has 3 heterocycles. The van der Waals surface area contributed by atoms with Crippen molar-refractivity contribution in [2.75, 3.05) is 32.1 Å². The molecule has 2 aliphatic heterocycles. The predicted octanol–water partition coefficient (Wildman–Crippen LogP) is 3.77. The van der Waals surface area contributed by atoms with Gasteiger partial charge in [0.15, 0.2) is 17.8 Å². The second kappa shape index (κ2) is 9.36. The Morgan fingerprint density at radius 3 is 3.00 bits per heavy atom. The van der Waals surface area contributed by atoms with Gasteiger partial charge in [0.1, 0.15) is 0 Å². The number of hydrogen-bond acceptors (Lipinski definition) is 7. The van der Waals surface area contributed by atoms with E-state index in [4.69, 9.17) is 14.2 Å². The first-order valence-electron chi connectivity index (χ1n) is 11.0. The summed E-state index contributed by atoms with van der Waals surface area (Å²) >= 11 is 1.52. The maximum absolute atomic E-state index is 12.6. The zero-order valence-electron chi connectivity index (χ0n) is 18.3. The minimum Gasteiger partial charge on any atom is -0.493 e. The fourth-order valence-electron chi connectivity index (χ4n) is 4.28. The zero-order chi connectivity index (χ0) is 22.8. The predicted molar refractivity (Wildman–Crippen MR) is 125 cm³/mol. The van der Waals surface area contributed by atoms with E-state index in [1.165, 1.54) is 11.3 Å². The van der Waals surface area contributed by atoms with Gasteiger partial charge in [0.25, 0.3) is 0 Å². The Balaban J connectivity index is 1.23. The van der Waals surface area contributed by atoms with E-state index < -0.39 is 0 Å². The first kappa shape index (κ1) is 21.7. The lowest BCUT2D eigenvalue weighted by Crippen LogP contribution is -2.34. The normalized spacial score (nSPS) is 20.4. The highest BCUT2D eigenvalue weighted by Gasteiger charge is 2.32. The highest BCUT2D eigenvalue weighted by Crippen LogP contribution is 2.36. The van der Waals surface area contributed by atoms with E-state index in [2.05, 4.69) is 10.3 Å². The molecule has 1 aromatic heterocycles. The van der Waals surface area contributed by atoms with Gasteiger partial charge in [-0.1, -0.05) is 6.07 Å². The van der Waals surface area contributed by atoms with Crippen molar-refractivity contribution in [1.82, 2.24) is 9.88 Å². The number of fused-ring (bicyclic) bond motifs is 1. The average Bonchev–Trinajstić information content (AvgIpc) is 3.56. The Bertz CT molecular complexity index is 1170. The van der Waals surface area contributed by atoms with E-state index >= 15 is 0 Å². The number of anilines is 1. The molecule has 0 bridgehead atoms. The summed E-state index contributed by atoms with van der Waals surface area (Å²) in [5, 5.41) is 2.89. The molecule has 5 rings (SSSR count). The molecule has 1 N–H and O–H groups in total. The van der Waals surface area contributed by atoms with Crippen molar-refractivity contribution < 1.29 is 23.8 Å². The number of benzene rings is 2. The molecule has 3 aromatic rings. The molecule has 0 spiro atoms. The third-order valence-electron chi connectivity index (χ3n) is 5.97. The van der Waals surface area contributed by atoms with Gasteiger partial charge in [-0.25, -0.2) is 4.98 Å². The molecule has 2 saturated heterocycles. The monoisotopic (exact) mass is 467 g/mol. The second-order valence-electron chi connectivity index (χ2n) is 8.23. The topological polar surface area (TPSA) is 90.0 Å². The van der Waals surface area contributed by atoms with Crippen molar-refractivity contribution >= 4 is 39.1 Å². The lowest BCUT2D eigenvalue weighted by atomic mass is 9.98. The van der Waals surface area contributed by atoms with Gasteiger partial charge in [-0.05, 0) is 42.3 Å². The van der Waals surface area contributed by atoms with Crippen molar-refractivity contribution in [3.63, 3.8) is 0 Å². The van der Waals surface area contributed by atoms with E-state index in [1.807, 2.05) is 36.4 Å². The number of amides is 2. The van der Waals surface area contributed by atoms with Gasteiger partial charge >= 0.3 is 0 Å². The highest BCUT2D eigenvalue weighted by molar-refractivity contribution is 7.16. The number of nitrogens with zero attached hydrogens (tertiary/aromatic N) is 2. The van der Waals surface area contributed by atoms with E-state index in [0.29, 0.717) is 36.8 Å². The molecule has 33 heavy (non-hydrogen) atoms. The van der Waals surface area contributed by atoms with Crippen LogP contribution < -0.4 is 14.8 Å². The number of aromatic nitrogens is 1. The van der Waals surface area contributed by atoms with Crippen molar-refractivity contribution in [2.45, 2.75) is 31.5 Å². The van der Waals surface area contributed by atoms with Gasteiger partial charge in [-0.3, -0.25) is 9.59 Å². The summed E-state index contributed by atoms with van der Waals surface area (Å²) in [6.45, 7) is 1.19. The molecule has 8 nitrogen and oxygen atoms in total. The molecule has 9 heteroatoms. The van der Waals surface area contributed by atoms with Crippen LogP contribution in [0.5, 0.6) is 11.5 Å². The number of likely N-dealkylation sites (tertiary alicyclic amines) is 1. The maximum Gasteiger partial charge on any atom is 0.243 e. The molecule has 2 fully saturated rings. The number of methoxy groups -OCH3 is 1. The highest BCUT2D eigenvalue weighted by atomic mass is 32.1. The van der Waals surface area contributed by atoms with Crippen LogP contribution in [-0.4, -0.2) is 54.8 Å². The minimum absolute atomic E-state index is 0.0170. The van der Waals surface area contributed by atoms with Gasteiger partial charge in [0.2, 0.25) is 11.8 Å². The molecular formula is C24H25N3O5S. The minimum atomic E-state index is -0.274. The Morgan fingerprint density at radius 2 is 2.18 bits per heavy atom. The molecule has 1 unspecified atom stereocenters. The fourth-order valence-corrected chi connectivity index (χ4v) is 4.99. The zero-order valence-corrected chi connectivity index (χ0v) is 19.1. The summed E-state index contributed by atoms with van der Waals surface area (Å²) in [7, 11) is 1.60. The number of carbonyl (C=O) groups excluding carboxylic acids is 2. The third kappa shape index (κ3) is 4.79. The van der Waals surface area contributed by atoms with E-state index in [0.717, 1.165) is 28.6 Å². The SMILES string of the molecule is COc1ccc([C@@H]2CC(=O)N(CC(=O)Nc3ccc4ncsc4c3)C2)cc1OC1CCCO1. The first-order valence-corrected chi connectivity index (χ1v) is 11.8. The molecule has 2 amide bonds. The van der Waals surface area contributed by atoms with Crippen LogP contribution in [0, 0.1) is 0 Å². The molecule has 172 valence electrons.